The number of fused-ring (bicyclic) bond motifs is 2. The smallest absolute Gasteiger partial charge is 0.229 e. The van der Waals surface area contributed by atoms with Crippen LogP contribution in [0.15, 0.2) is 54.9 Å². The largest absolute Gasteiger partial charge is 0.508 e. The summed E-state index contributed by atoms with van der Waals surface area (Å²) in [5, 5.41) is 9.54. The second-order valence-electron chi connectivity index (χ2n) is 7.97. The van der Waals surface area contributed by atoms with Gasteiger partial charge < -0.3 is 24.8 Å². The number of imidazole rings is 1. The van der Waals surface area contributed by atoms with Crippen molar-refractivity contribution in [3.05, 3.63) is 60.4 Å². The molecular weight excluding hydrogens is 390 g/mol. The number of aromatic amines is 1. The first kappa shape index (κ1) is 18.0. The van der Waals surface area contributed by atoms with Crippen molar-refractivity contribution < 1.29 is 5.11 Å². The SMILES string of the molecule is Oc1ccc(N2CCN(c3nc(N4CCc5ccccc54)c4[nH]cnc4n3)CC2)cc1. The minimum absolute atomic E-state index is 0.291. The van der Waals surface area contributed by atoms with E-state index in [2.05, 4.69) is 48.9 Å². The topological polar surface area (TPSA) is 84.4 Å². The van der Waals surface area contributed by atoms with Gasteiger partial charge in [-0.3, -0.25) is 0 Å². The summed E-state index contributed by atoms with van der Waals surface area (Å²) >= 11 is 0. The van der Waals surface area contributed by atoms with Gasteiger partial charge >= 0.3 is 0 Å². The van der Waals surface area contributed by atoms with Crippen LogP contribution in [0.2, 0.25) is 0 Å². The van der Waals surface area contributed by atoms with Gasteiger partial charge in [-0.1, -0.05) is 18.2 Å². The highest BCUT2D eigenvalue weighted by Gasteiger charge is 2.27. The van der Waals surface area contributed by atoms with E-state index >= 15 is 0 Å². The first-order valence-electron chi connectivity index (χ1n) is 10.6. The molecule has 1 saturated heterocycles. The number of aromatic nitrogens is 4. The van der Waals surface area contributed by atoms with Crippen molar-refractivity contribution in [1.82, 2.24) is 19.9 Å². The van der Waals surface area contributed by atoms with Gasteiger partial charge in [0.15, 0.2) is 11.5 Å². The van der Waals surface area contributed by atoms with Gasteiger partial charge in [0.1, 0.15) is 11.3 Å². The van der Waals surface area contributed by atoms with Crippen LogP contribution in [0, 0.1) is 0 Å². The molecule has 2 aliphatic heterocycles. The summed E-state index contributed by atoms with van der Waals surface area (Å²) in [6, 6.07) is 15.9. The standard InChI is InChI=1S/C23H23N7O/c31-18-7-5-17(6-8-18)28-11-13-29(14-12-28)23-26-21-20(24-15-25-21)22(27-23)30-10-9-16-3-1-2-4-19(16)30/h1-8,15,31H,9-14H2,(H,24,25,26,27). The Morgan fingerprint density at radius 3 is 2.45 bits per heavy atom. The zero-order valence-corrected chi connectivity index (χ0v) is 17.1. The number of para-hydroxylation sites is 1. The molecule has 1 fully saturated rings. The summed E-state index contributed by atoms with van der Waals surface area (Å²) in [6.45, 7) is 4.29. The number of H-pyrrole nitrogens is 1. The van der Waals surface area contributed by atoms with Crippen molar-refractivity contribution in [2.45, 2.75) is 6.42 Å². The summed E-state index contributed by atoms with van der Waals surface area (Å²) in [6.07, 6.45) is 2.70. The molecule has 0 amide bonds. The lowest BCUT2D eigenvalue weighted by Crippen LogP contribution is -2.47. The van der Waals surface area contributed by atoms with Crippen LogP contribution >= 0.6 is 0 Å². The lowest BCUT2D eigenvalue weighted by molar-refractivity contribution is 0.475. The Morgan fingerprint density at radius 2 is 1.61 bits per heavy atom. The van der Waals surface area contributed by atoms with Gasteiger partial charge in [-0.15, -0.1) is 0 Å². The molecule has 156 valence electrons. The Kier molecular flexibility index (Phi) is 4.15. The summed E-state index contributed by atoms with van der Waals surface area (Å²) in [5.41, 5.74) is 5.25. The Balaban J connectivity index is 1.29. The fourth-order valence-electron chi connectivity index (χ4n) is 4.53. The second-order valence-corrected chi connectivity index (χ2v) is 7.97. The number of nitrogens with zero attached hydrogens (tertiary/aromatic N) is 6. The predicted octanol–water partition coefficient (Wildman–Crippen LogP) is 3.08. The van der Waals surface area contributed by atoms with Crippen molar-refractivity contribution in [2.75, 3.05) is 47.4 Å². The van der Waals surface area contributed by atoms with Crippen LogP contribution in [0.3, 0.4) is 0 Å². The lowest BCUT2D eigenvalue weighted by Gasteiger charge is -2.36. The van der Waals surface area contributed by atoms with Crippen molar-refractivity contribution in [1.29, 1.82) is 0 Å². The fraction of sp³-hybridized carbons (Fsp3) is 0.261. The van der Waals surface area contributed by atoms with E-state index in [1.54, 1.807) is 18.5 Å². The molecule has 4 aromatic rings. The average molecular weight is 413 g/mol. The number of hydrogen-bond acceptors (Lipinski definition) is 7. The maximum absolute atomic E-state index is 9.54. The zero-order valence-electron chi connectivity index (χ0n) is 17.1. The molecule has 8 heteroatoms. The van der Waals surface area contributed by atoms with Gasteiger partial charge in [0.05, 0.1) is 6.33 Å². The first-order valence-corrected chi connectivity index (χ1v) is 10.6. The summed E-state index contributed by atoms with van der Waals surface area (Å²) in [7, 11) is 0. The van der Waals surface area contributed by atoms with Gasteiger partial charge in [-0.05, 0) is 42.3 Å². The molecule has 0 saturated carbocycles. The highest BCUT2D eigenvalue weighted by atomic mass is 16.3. The van der Waals surface area contributed by atoms with E-state index in [0.717, 1.165) is 62.1 Å². The van der Waals surface area contributed by atoms with Gasteiger partial charge in [-0.25, -0.2) is 4.98 Å². The molecule has 8 nitrogen and oxygen atoms in total. The van der Waals surface area contributed by atoms with Crippen LogP contribution in [0.25, 0.3) is 11.2 Å². The normalized spacial score (nSPS) is 16.2. The second kappa shape index (κ2) is 7.16. The molecule has 6 rings (SSSR count). The van der Waals surface area contributed by atoms with Crippen LogP contribution < -0.4 is 14.7 Å². The van der Waals surface area contributed by atoms with Crippen LogP contribution in [-0.2, 0) is 6.42 Å². The van der Waals surface area contributed by atoms with E-state index in [4.69, 9.17) is 9.97 Å². The molecule has 2 N–H and O–H groups in total. The minimum atomic E-state index is 0.291. The summed E-state index contributed by atoms with van der Waals surface area (Å²) < 4.78 is 0. The molecule has 0 atom stereocenters. The van der Waals surface area contributed by atoms with E-state index in [1.165, 1.54) is 11.3 Å². The number of nitrogens with one attached hydrogen (secondary N) is 1. The van der Waals surface area contributed by atoms with Crippen molar-refractivity contribution in [3.8, 4) is 5.75 Å². The summed E-state index contributed by atoms with van der Waals surface area (Å²) in [4.78, 5) is 24.3. The molecule has 0 unspecified atom stereocenters. The van der Waals surface area contributed by atoms with Crippen LogP contribution in [0.1, 0.15) is 5.56 Å². The van der Waals surface area contributed by atoms with E-state index in [-0.39, 0.29) is 0 Å². The van der Waals surface area contributed by atoms with E-state index in [0.29, 0.717) is 11.4 Å². The van der Waals surface area contributed by atoms with Crippen molar-refractivity contribution >= 4 is 34.3 Å². The van der Waals surface area contributed by atoms with Crippen molar-refractivity contribution in [2.24, 2.45) is 0 Å². The number of rotatable bonds is 3. The third-order valence-corrected chi connectivity index (χ3v) is 6.17. The number of phenolic OH excluding ortho intramolecular Hbond substituents is 1. The Labute approximate surface area is 179 Å². The number of anilines is 4. The molecule has 31 heavy (non-hydrogen) atoms. The third-order valence-electron chi connectivity index (χ3n) is 6.17. The number of aromatic hydroxyl groups is 1. The maximum Gasteiger partial charge on any atom is 0.229 e. The molecule has 4 heterocycles. The minimum Gasteiger partial charge on any atom is -0.508 e. The average Bonchev–Trinajstić information content (AvgIpc) is 3.46. The molecular formula is C23H23N7O. The van der Waals surface area contributed by atoms with Gasteiger partial charge in [0, 0.05) is 44.1 Å². The van der Waals surface area contributed by atoms with E-state index in [1.807, 2.05) is 12.1 Å². The Morgan fingerprint density at radius 1 is 0.839 bits per heavy atom. The molecule has 0 spiro atoms. The monoisotopic (exact) mass is 413 g/mol. The molecule has 0 aliphatic carbocycles. The van der Waals surface area contributed by atoms with E-state index in [9.17, 15) is 5.11 Å². The molecule has 0 radical (unpaired) electrons. The van der Waals surface area contributed by atoms with Crippen LogP contribution in [-0.4, -0.2) is 57.8 Å². The van der Waals surface area contributed by atoms with Gasteiger partial charge in [0.25, 0.3) is 0 Å². The van der Waals surface area contributed by atoms with Crippen LogP contribution in [0.5, 0.6) is 5.75 Å². The zero-order chi connectivity index (χ0) is 20.8. The maximum atomic E-state index is 9.54. The van der Waals surface area contributed by atoms with Crippen LogP contribution in [0.4, 0.5) is 23.1 Å². The molecule has 2 aromatic heterocycles. The number of hydrogen-bond donors (Lipinski definition) is 2. The summed E-state index contributed by atoms with van der Waals surface area (Å²) in [5.74, 6) is 1.91. The van der Waals surface area contributed by atoms with Crippen molar-refractivity contribution in [3.63, 3.8) is 0 Å². The molecule has 2 aromatic carbocycles. The Bertz CT molecular complexity index is 1230. The molecule has 2 aliphatic rings. The highest BCUT2D eigenvalue weighted by Crippen LogP contribution is 2.36. The third kappa shape index (κ3) is 3.11. The van der Waals surface area contributed by atoms with Gasteiger partial charge in [0.2, 0.25) is 5.95 Å². The highest BCUT2D eigenvalue weighted by molar-refractivity contribution is 5.88. The molecule has 0 bridgehead atoms. The number of piperazine rings is 1. The lowest BCUT2D eigenvalue weighted by atomic mass is 10.2. The predicted molar refractivity (Wildman–Crippen MR) is 121 cm³/mol. The van der Waals surface area contributed by atoms with Gasteiger partial charge in [-0.2, -0.15) is 9.97 Å². The number of benzene rings is 2. The Hall–Kier alpha value is -3.81. The van der Waals surface area contributed by atoms with E-state index < -0.39 is 0 Å². The first-order chi connectivity index (χ1) is 15.3. The number of phenols is 1. The fourth-order valence-corrected chi connectivity index (χ4v) is 4.53. The quantitative estimate of drug-likeness (QED) is 0.534.